The molecular weight excluding hydrogens is 280 g/mol. The van der Waals surface area contributed by atoms with Crippen molar-refractivity contribution in [1.29, 1.82) is 0 Å². The first kappa shape index (κ1) is 15.1. The van der Waals surface area contributed by atoms with Crippen molar-refractivity contribution in [3.05, 3.63) is 35.4 Å². The third-order valence-electron chi connectivity index (χ3n) is 5.58. The van der Waals surface area contributed by atoms with Crippen molar-refractivity contribution in [3.8, 4) is 0 Å². The number of hydrogen-bond donors (Lipinski definition) is 1. The molecule has 0 aliphatic heterocycles. The molecule has 0 amide bonds. The molecule has 22 heavy (non-hydrogen) atoms. The molecular formula is C18H22O4. The molecule has 2 aliphatic rings. The fourth-order valence-electron chi connectivity index (χ4n) is 4.52. The number of carbonyl (C=O) groups is 2. The van der Waals surface area contributed by atoms with Gasteiger partial charge in [-0.1, -0.05) is 32.9 Å². The minimum absolute atomic E-state index is 0.00105. The average Bonchev–Trinajstić information content (AvgIpc) is 2.86. The Morgan fingerprint density at radius 1 is 1.18 bits per heavy atom. The second kappa shape index (κ2) is 4.83. The Balaban J connectivity index is 1.79. The Kier molecular flexibility index (Phi) is 3.31. The molecule has 0 saturated heterocycles. The van der Waals surface area contributed by atoms with Gasteiger partial charge in [0.05, 0.1) is 11.1 Å². The third-order valence-corrected chi connectivity index (χ3v) is 5.58. The first-order chi connectivity index (χ1) is 10.2. The highest BCUT2D eigenvalue weighted by Gasteiger charge is 2.58. The van der Waals surface area contributed by atoms with Crippen LogP contribution in [-0.2, 0) is 4.74 Å². The van der Waals surface area contributed by atoms with Gasteiger partial charge in [-0.25, -0.2) is 9.59 Å². The molecule has 2 saturated carbocycles. The summed E-state index contributed by atoms with van der Waals surface area (Å²) in [5.74, 6) is -1.05. The number of aromatic carboxylic acids is 1. The summed E-state index contributed by atoms with van der Waals surface area (Å²) < 4.78 is 5.72. The number of fused-ring (bicyclic) bond motifs is 2. The Morgan fingerprint density at radius 3 is 2.32 bits per heavy atom. The summed E-state index contributed by atoms with van der Waals surface area (Å²) in [5, 5.41) is 9.19. The smallest absolute Gasteiger partial charge is 0.339 e. The first-order valence-electron chi connectivity index (χ1n) is 7.76. The minimum Gasteiger partial charge on any atom is -0.478 e. The fraction of sp³-hybridized carbons (Fsp3) is 0.556. The molecule has 0 unspecified atom stereocenters. The van der Waals surface area contributed by atoms with Crippen LogP contribution in [0.5, 0.6) is 0 Å². The van der Waals surface area contributed by atoms with E-state index in [4.69, 9.17) is 4.74 Å². The maximum Gasteiger partial charge on any atom is 0.339 e. The van der Waals surface area contributed by atoms with Gasteiger partial charge >= 0.3 is 11.9 Å². The van der Waals surface area contributed by atoms with Crippen molar-refractivity contribution in [2.45, 2.75) is 46.1 Å². The zero-order valence-corrected chi connectivity index (χ0v) is 13.3. The Labute approximate surface area is 130 Å². The number of carbonyl (C=O) groups excluding carboxylic acids is 1. The molecule has 0 spiro atoms. The lowest BCUT2D eigenvalue weighted by molar-refractivity contribution is -0.0222. The van der Waals surface area contributed by atoms with Gasteiger partial charge in [-0.3, -0.25) is 0 Å². The molecule has 2 bridgehead atoms. The van der Waals surface area contributed by atoms with Gasteiger partial charge in [0.1, 0.15) is 6.10 Å². The predicted molar refractivity (Wildman–Crippen MR) is 81.8 cm³/mol. The summed E-state index contributed by atoms with van der Waals surface area (Å²) in [6, 6.07) is 6.23. The molecule has 1 aromatic carbocycles. The highest BCUT2D eigenvalue weighted by atomic mass is 16.5. The van der Waals surface area contributed by atoms with Crippen molar-refractivity contribution >= 4 is 11.9 Å². The maximum absolute atomic E-state index is 12.4. The summed E-state index contributed by atoms with van der Waals surface area (Å²) in [4.78, 5) is 23.7. The molecule has 1 N–H and O–H groups in total. The van der Waals surface area contributed by atoms with Crippen molar-refractivity contribution in [3.63, 3.8) is 0 Å². The summed E-state index contributed by atoms with van der Waals surface area (Å²) in [7, 11) is 0. The van der Waals surface area contributed by atoms with Crippen LogP contribution in [0.3, 0.4) is 0 Å². The largest absolute Gasteiger partial charge is 0.478 e. The van der Waals surface area contributed by atoms with Gasteiger partial charge in [0, 0.05) is 5.41 Å². The van der Waals surface area contributed by atoms with Crippen molar-refractivity contribution < 1.29 is 19.4 Å². The van der Waals surface area contributed by atoms with E-state index >= 15 is 0 Å². The topological polar surface area (TPSA) is 63.6 Å². The van der Waals surface area contributed by atoms with E-state index in [-0.39, 0.29) is 22.6 Å². The lowest BCUT2D eigenvalue weighted by Gasteiger charge is -2.38. The summed E-state index contributed by atoms with van der Waals surface area (Å²) >= 11 is 0. The lowest BCUT2D eigenvalue weighted by Crippen LogP contribution is -2.37. The second-order valence-electron chi connectivity index (χ2n) is 7.70. The van der Waals surface area contributed by atoms with Gasteiger partial charge in [0.15, 0.2) is 0 Å². The van der Waals surface area contributed by atoms with Crippen LogP contribution >= 0.6 is 0 Å². The van der Waals surface area contributed by atoms with E-state index in [1.54, 1.807) is 12.1 Å². The third kappa shape index (κ3) is 2.31. The van der Waals surface area contributed by atoms with E-state index in [0.29, 0.717) is 11.3 Å². The number of benzene rings is 1. The number of carboxylic acid groups (broad SMARTS) is 1. The first-order valence-corrected chi connectivity index (χ1v) is 7.76. The van der Waals surface area contributed by atoms with Crippen LogP contribution in [0, 0.1) is 16.7 Å². The normalized spacial score (nSPS) is 32.0. The highest BCUT2D eigenvalue weighted by molar-refractivity contribution is 6.02. The lowest BCUT2D eigenvalue weighted by atomic mass is 9.71. The maximum atomic E-state index is 12.4. The molecule has 2 fully saturated rings. The number of rotatable bonds is 3. The molecule has 0 heterocycles. The number of carboxylic acids is 1. The molecule has 118 valence electrons. The zero-order valence-electron chi connectivity index (χ0n) is 13.3. The van der Waals surface area contributed by atoms with Crippen LogP contribution < -0.4 is 0 Å². The van der Waals surface area contributed by atoms with E-state index in [9.17, 15) is 14.7 Å². The van der Waals surface area contributed by atoms with Crippen LogP contribution in [-0.4, -0.2) is 23.1 Å². The van der Waals surface area contributed by atoms with Gasteiger partial charge in [-0.05, 0) is 42.7 Å². The van der Waals surface area contributed by atoms with E-state index in [2.05, 4.69) is 20.8 Å². The monoisotopic (exact) mass is 302 g/mol. The van der Waals surface area contributed by atoms with E-state index in [1.165, 1.54) is 12.1 Å². The molecule has 1 aromatic rings. The SMILES string of the molecule is CC1(C)C[C@@]2(C)C[C@@H]1C[C@@H]2OC(=O)c1ccccc1C(=O)O. The molecule has 0 radical (unpaired) electrons. The molecule has 0 aromatic heterocycles. The Bertz CT molecular complexity index is 634. The van der Waals surface area contributed by atoms with Crippen LogP contribution in [0.25, 0.3) is 0 Å². The molecule has 4 heteroatoms. The second-order valence-corrected chi connectivity index (χ2v) is 7.70. The summed E-state index contributed by atoms with van der Waals surface area (Å²) in [6.07, 6.45) is 2.89. The number of hydrogen-bond acceptors (Lipinski definition) is 3. The van der Waals surface area contributed by atoms with Crippen LogP contribution in [0.15, 0.2) is 24.3 Å². The number of ether oxygens (including phenoxy) is 1. The molecule has 2 aliphatic carbocycles. The summed E-state index contributed by atoms with van der Waals surface area (Å²) in [5.41, 5.74) is 0.459. The van der Waals surface area contributed by atoms with E-state index in [1.807, 2.05) is 0 Å². The number of esters is 1. The Hall–Kier alpha value is -1.84. The minimum atomic E-state index is -1.10. The van der Waals surface area contributed by atoms with E-state index < -0.39 is 11.9 Å². The average molecular weight is 302 g/mol. The van der Waals surface area contributed by atoms with Gasteiger partial charge in [0.25, 0.3) is 0 Å². The predicted octanol–water partition coefficient (Wildman–Crippen LogP) is 3.76. The highest BCUT2D eigenvalue weighted by Crippen LogP contribution is 2.63. The van der Waals surface area contributed by atoms with Gasteiger partial charge in [0.2, 0.25) is 0 Å². The molecule has 3 atom stereocenters. The van der Waals surface area contributed by atoms with Gasteiger partial charge in [-0.2, -0.15) is 0 Å². The van der Waals surface area contributed by atoms with E-state index in [0.717, 1.165) is 19.3 Å². The van der Waals surface area contributed by atoms with Gasteiger partial charge < -0.3 is 9.84 Å². The van der Waals surface area contributed by atoms with Crippen LogP contribution in [0.1, 0.15) is 60.7 Å². The van der Waals surface area contributed by atoms with Crippen molar-refractivity contribution in [2.24, 2.45) is 16.7 Å². The van der Waals surface area contributed by atoms with Crippen molar-refractivity contribution in [1.82, 2.24) is 0 Å². The quantitative estimate of drug-likeness (QED) is 0.864. The fourth-order valence-corrected chi connectivity index (χ4v) is 4.52. The summed E-state index contributed by atoms with van der Waals surface area (Å²) in [6.45, 7) is 6.74. The Morgan fingerprint density at radius 2 is 1.82 bits per heavy atom. The molecule has 3 rings (SSSR count). The van der Waals surface area contributed by atoms with Crippen molar-refractivity contribution in [2.75, 3.05) is 0 Å². The van der Waals surface area contributed by atoms with Gasteiger partial charge in [-0.15, -0.1) is 0 Å². The standard InChI is InChI=1S/C18H22O4/c1-17(2)10-18(3)9-11(17)8-14(18)22-16(21)13-7-5-4-6-12(13)15(19)20/h4-7,11,14H,8-10H2,1-3H3,(H,19,20)/t11-,14-,18+/m0/s1. The molecule has 4 nitrogen and oxygen atoms in total. The van der Waals surface area contributed by atoms with Crippen LogP contribution in [0.2, 0.25) is 0 Å². The zero-order chi connectivity index (χ0) is 16.1. The van der Waals surface area contributed by atoms with Crippen LogP contribution in [0.4, 0.5) is 0 Å².